The maximum atomic E-state index is 10.3. The molecule has 2 atom stereocenters. The van der Waals surface area contributed by atoms with E-state index in [4.69, 9.17) is 9.26 Å². The van der Waals surface area contributed by atoms with E-state index < -0.39 is 6.10 Å². The van der Waals surface area contributed by atoms with Gasteiger partial charge in [0.2, 0.25) is 0 Å². The van der Waals surface area contributed by atoms with Crippen molar-refractivity contribution in [2.45, 2.75) is 38.8 Å². The number of benzene rings is 2. The second kappa shape index (κ2) is 11.3. The van der Waals surface area contributed by atoms with Gasteiger partial charge in [0.1, 0.15) is 24.2 Å². The molecule has 1 heterocycles. The van der Waals surface area contributed by atoms with Crippen LogP contribution in [0.2, 0.25) is 0 Å². The average Bonchev–Trinajstić information content (AvgIpc) is 3.20. The van der Waals surface area contributed by atoms with E-state index >= 15 is 0 Å². The summed E-state index contributed by atoms with van der Waals surface area (Å²) in [7, 11) is 0. The largest absolute Gasteiger partial charge is 0.508 e. The highest BCUT2D eigenvalue weighted by molar-refractivity contribution is 5.70. The van der Waals surface area contributed by atoms with E-state index in [0.29, 0.717) is 18.1 Å². The van der Waals surface area contributed by atoms with Gasteiger partial charge in [0.15, 0.2) is 5.76 Å². The lowest BCUT2D eigenvalue weighted by molar-refractivity contribution is 0.104. The Kier molecular flexibility index (Phi) is 8.27. The summed E-state index contributed by atoms with van der Waals surface area (Å²) in [5.74, 6) is 1.66. The molecule has 164 valence electrons. The van der Waals surface area contributed by atoms with Crippen LogP contribution in [0.1, 0.15) is 35.9 Å². The van der Waals surface area contributed by atoms with Crippen molar-refractivity contribution in [2.75, 3.05) is 13.2 Å². The molecule has 0 aliphatic rings. The third kappa shape index (κ3) is 7.59. The first kappa shape index (κ1) is 22.6. The first-order valence-corrected chi connectivity index (χ1v) is 10.5. The smallest absolute Gasteiger partial charge is 0.159 e. The molecule has 0 fully saturated rings. The zero-order valence-corrected chi connectivity index (χ0v) is 18.0. The first-order valence-electron chi connectivity index (χ1n) is 10.5. The van der Waals surface area contributed by atoms with Crippen molar-refractivity contribution in [1.82, 2.24) is 10.5 Å². The summed E-state index contributed by atoms with van der Waals surface area (Å²) in [6.07, 6.45) is 4.98. The molecule has 0 aliphatic heterocycles. The van der Waals surface area contributed by atoms with Crippen LogP contribution in [-0.2, 0) is 6.42 Å². The van der Waals surface area contributed by atoms with E-state index in [1.807, 2.05) is 61.5 Å². The Labute approximate surface area is 183 Å². The standard InChI is InChI=1S/C25H30N2O4/c1-18(7-8-20-9-12-22(28)13-10-20)26-16-23(29)17-30-25-6-4-3-5-21(25)11-14-24-15-19(2)27-31-24/h3-6,9-15,18,23,26,28-29H,7-8,16-17H2,1-2H3/b14-11-. The van der Waals surface area contributed by atoms with Gasteiger partial charge in [-0.05, 0) is 62.6 Å². The zero-order valence-electron chi connectivity index (χ0n) is 18.0. The molecule has 0 bridgehead atoms. The van der Waals surface area contributed by atoms with Crippen molar-refractivity contribution in [2.24, 2.45) is 0 Å². The molecule has 6 nitrogen and oxygen atoms in total. The van der Waals surface area contributed by atoms with Gasteiger partial charge in [-0.2, -0.15) is 0 Å². The number of para-hydroxylation sites is 1. The molecule has 0 saturated heterocycles. The van der Waals surface area contributed by atoms with Crippen LogP contribution in [0.3, 0.4) is 0 Å². The van der Waals surface area contributed by atoms with Crippen molar-refractivity contribution in [3.8, 4) is 11.5 Å². The number of aromatic hydroxyl groups is 1. The van der Waals surface area contributed by atoms with Crippen LogP contribution in [0.4, 0.5) is 0 Å². The molecule has 0 spiro atoms. The maximum Gasteiger partial charge on any atom is 0.159 e. The number of aromatic nitrogens is 1. The summed E-state index contributed by atoms with van der Waals surface area (Å²) >= 11 is 0. The van der Waals surface area contributed by atoms with Gasteiger partial charge in [-0.25, -0.2) is 0 Å². The predicted octanol–water partition coefficient (Wildman–Crippen LogP) is 4.21. The van der Waals surface area contributed by atoms with Gasteiger partial charge in [0, 0.05) is 24.2 Å². The minimum absolute atomic E-state index is 0.198. The number of aliphatic hydroxyl groups is 1. The summed E-state index contributed by atoms with van der Waals surface area (Å²) in [4.78, 5) is 0. The van der Waals surface area contributed by atoms with E-state index in [2.05, 4.69) is 17.4 Å². The van der Waals surface area contributed by atoms with E-state index in [1.165, 1.54) is 5.56 Å². The maximum absolute atomic E-state index is 10.3. The number of rotatable bonds is 11. The summed E-state index contributed by atoms with van der Waals surface area (Å²) in [5.41, 5.74) is 2.91. The third-order valence-electron chi connectivity index (χ3n) is 4.93. The van der Waals surface area contributed by atoms with E-state index in [-0.39, 0.29) is 18.4 Å². The Bertz CT molecular complexity index is 966. The van der Waals surface area contributed by atoms with Crippen molar-refractivity contribution in [3.05, 3.63) is 77.2 Å². The van der Waals surface area contributed by atoms with Crippen molar-refractivity contribution in [3.63, 3.8) is 0 Å². The number of aryl methyl sites for hydroxylation is 2. The number of nitrogens with zero attached hydrogens (tertiary/aromatic N) is 1. The normalized spacial score (nSPS) is 13.4. The first-order chi connectivity index (χ1) is 15.0. The molecule has 3 aromatic rings. The molecule has 2 aromatic carbocycles. The summed E-state index contributed by atoms with van der Waals surface area (Å²) in [6, 6.07) is 17.1. The predicted molar refractivity (Wildman–Crippen MR) is 122 cm³/mol. The topological polar surface area (TPSA) is 87.8 Å². The molecule has 0 radical (unpaired) electrons. The molecule has 1 aromatic heterocycles. The Morgan fingerprint density at radius 2 is 1.90 bits per heavy atom. The molecule has 3 N–H and O–H groups in total. The van der Waals surface area contributed by atoms with Crippen LogP contribution in [0, 0.1) is 6.92 Å². The minimum Gasteiger partial charge on any atom is -0.508 e. The summed E-state index contributed by atoms with van der Waals surface area (Å²) < 4.78 is 11.0. The highest BCUT2D eigenvalue weighted by Gasteiger charge is 2.10. The fourth-order valence-electron chi connectivity index (χ4n) is 3.11. The second-order valence-corrected chi connectivity index (χ2v) is 7.72. The highest BCUT2D eigenvalue weighted by Crippen LogP contribution is 2.21. The van der Waals surface area contributed by atoms with Gasteiger partial charge in [0.05, 0.1) is 5.69 Å². The summed E-state index contributed by atoms with van der Waals surface area (Å²) in [5, 5.41) is 26.9. The lowest BCUT2D eigenvalue weighted by Crippen LogP contribution is -2.36. The Balaban J connectivity index is 1.42. The molecular weight excluding hydrogens is 392 g/mol. The number of nitrogens with one attached hydrogen (secondary N) is 1. The Morgan fingerprint density at radius 1 is 1.13 bits per heavy atom. The monoisotopic (exact) mass is 422 g/mol. The number of ether oxygens (including phenoxy) is 1. The van der Waals surface area contributed by atoms with Crippen LogP contribution in [-0.4, -0.2) is 40.7 Å². The SMILES string of the molecule is Cc1cc(/C=C\c2ccccc2OCC(O)CNC(C)CCc2ccc(O)cc2)on1. The zero-order chi connectivity index (χ0) is 22.1. The van der Waals surface area contributed by atoms with Crippen LogP contribution in [0.5, 0.6) is 11.5 Å². The van der Waals surface area contributed by atoms with Gasteiger partial charge in [-0.1, -0.05) is 35.5 Å². The van der Waals surface area contributed by atoms with Gasteiger partial charge < -0.3 is 24.8 Å². The number of phenols is 1. The third-order valence-corrected chi connectivity index (χ3v) is 4.93. The van der Waals surface area contributed by atoms with E-state index in [9.17, 15) is 10.2 Å². The minimum atomic E-state index is -0.620. The number of phenolic OH excluding ortho intramolecular Hbond substituents is 1. The summed E-state index contributed by atoms with van der Waals surface area (Å²) in [6.45, 7) is 4.62. The van der Waals surface area contributed by atoms with Crippen LogP contribution in [0.25, 0.3) is 12.2 Å². The van der Waals surface area contributed by atoms with Gasteiger partial charge >= 0.3 is 0 Å². The van der Waals surface area contributed by atoms with Crippen LogP contribution >= 0.6 is 0 Å². The molecule has 2 unspecified atom stereocenters. The molecule has 3 rings (SSSR count). The lowest BCUT2D eigenvalue weighted by atomic mass is 10.1. The molecule has 0 aliphatic carbocycles. The van der Waals surface area contributed by atoms with Crippen LogP contribution in [0.15, 0.2) is 59.1 Å². The number of aliphatic hydroxyl groups excluding tert-OH is 1. The number of hydrogen-bond acceptors (Lipinski definition) is 6. The molecular formula is C25H30N2O4. The second-order valence-electron chi connectivity index (χ2n) is 7.72. The quantitative estimate of drug-likeness (QED) is 0.429. The molecule has 6 heteroatoms. The Hall–Kier alpha value is -3.09. The molecule has 0 amide bonds. The molecule has 31 heavy (non-hydrogen) atoms. The van der Waals surface area contributed by atoms with Crippen LogP contribution < -0.4 is 10.1 Å². The van der Waals surface area contributed by atoms with Gasteiger partial charge in [0.25, 0.3) is 0 Å². The number of hydrogen-bond donors (Lipinski definition) is 3. The van der Waals surface area contributed by atoms with Crippen molar-refractivity contribution < 1.29 is 19.5 Å². The average molecular weight is 423 g/mol. The van der Waals surface area contributed by atoms with Crippen molar-refractivity contribution >= 4 is 12.2 Å². The Morgan fingerprint density at radius 3 is 2.65 bits per heavy atom. The highest BCUT2D eigenvalue weighted by atomic mass is 16.5. The van der Waals surface area contributed by atoms with E-state index in [1.54, 1.807) is 12.1 Å². The van der Waals surface area contributed by atoms with E-state index in [0.717, 1.165) is 24.1 Å². The van der Waals surface area contributed by atoms with Crippen molar-refractivity contribution in [1.29, 1.82) is 0 Å². The van der Waals surface area contributed by atoms with Gasteiger partial charge in [-0.3, -0.25) is 0 Å². The fourth-order valence-corrected chi connectivity index (χ4v) is 3.11. The molecule has 0 saturated carbocycles. The fraction of sp³-hybridized carbons (Fsp3) is 0.320. The lowest BCUT2D eigenvalue weighted by Gasteiger charge is -2.18. The van der Waals surface area contributed by atoms with Gasteiger partial charge in [-0.15, -0.1) is 0 Å².